The second-order valence-corrected chi connectivity index (χ2v) is 6.63. The van der Waals surface area contributed by atoms with Crippen LogP contribution < -0.4 is 5.59 Å². The number of aliphatic hydroxyl groups is 1. The monoisotopic (exact) mass is 277 g/mol. The third-order valence-electron chi connectivity index (χ3n) is 4.30. The molecule has 1 fully saturated rings. The van der Waals surface area contributed by atoms with Crippen LogP contribution in [0.2, 0.25) is 0 Å². The number of hydrogen-bond acceptors (Lipinski definition) is 4. The summed E-state index contributed by atoms with van der Waals surface area (Å²) in [5, 5.41) is 9.69. The molecule has 0 saturated carbocycles. The summed E-state index contributed by atoms with van der Waals surface area (Å²) in [4.78, 5) is 4.44. The van der Waals surface area contributed by atoms with Crippen LogP contribution in [0.1, 0.15) is 45.7 Å². The van der Waals surface area contributed by atoms with Gasteiger partial charge in [0.1, 0.15) is 0 Å². The first-order valence-electron chi connectivity index (χ1n) is 7.12. The lowest BCUT2D eigenvalue weighted by atomic mass is 9.78. The third kappa shape index (κ3) is 2.75. The average Bonchev–Trinajstić information content (AvgIpc) is 2.50. The highest BCUT2D eigenvalue weighted by molar-refractivity contribution is 6.61. The maximum atomic E-state index is 9.69. The summed E-state index contributed by atoms with van der Waals surface area (Å²) < 4.78 is 12.1. The van der Waals surface area contributed by atoms with E-state index in [9.17, 15) is 5.11 Å². The van der Waals surface area contributed by atoms with Crippen LogP contribution in [0, 0.1) is 6.92 Å². The van der Waals surface area contributed by atoms with Crippen LogP contribution in [0.5, 0.6) is 0 Å². The Labute approximate surface area is 121 Å². The van der Waals surface area contributed by atoms with Crippen molar-refractivity contribution < 1.29 is 14.4 Å². The second-order valence-electron chi connectivity index (χ2n) is 6.63. The van der Waals surface area contributed by atoms with Crippen molar-refractivity contribution in [1.29, 1.82) is 0 Å². The summed E-state index contributed by atoms with van der Waals surface area (Å²) >= 11 is 0. The van der Waals surface area contributed by atoms with Crippen molar-refractivity contribution in [3.8, 4) is 0 Å². The molecule has 110 valence electrons. The van der Waals surface area contributed by atoms with Crippen LogP contribution in [0.15, 0.2) is 12.3 Å². The third-order valence-corrected chi connectivity index (χ3v) is 4.30. The minimum absolute atomic E-state index is 0.384. The number of pyridine rings is 1. The second kappa shape index (κ2) is 5.13. The average molecular weight is 277 g/mol. The Bertz CT molecular complexity index is 484. The summed E-state index contributed by atoms with van der Waals surface area (Å²) in [7, 11) is -0.478. The van der Waals surface area contributed by atoms with Gasteiger partial charge in [-0.15, -0.1) is 0 Å². The zero-order valence-corrected chi connectivity index (χ0v) is 13.2. The van der Waals surface area contributed by atoms with E-state index < -0.39 is 13.2 Å². The lowest BCUT2D eigenvalue weighted by Crippen LogP contribution is -2.41. The maximum Gasteiger partial charge on any atom is 0.514 e. The van der Waals surface area contributed by atoms with Gasteiger partial charge in [0.25, 0.3) is 0 Å². The Morgan fingerprint density at radius 2 is 1.80 bits per heavy atom. The maximum absolute atomic E-state index is 9.69. The summed E-state index contributed by atoms with van der Waals surface area (Å²) in [6, 6.07) is 1.95. The number of aliphatic hydroxyl groups excluding tert-OH is 1. The van der Waals surface area contributed by atoms with E-state index in [1.807, 2.05) is 40.7 Å². The van der Waals surface area contributed by atoms with Crippen molar-refractivity contribution in [1.82, 2.24) is 4.98 Å². The summed E-state index contributed by atoms with van der Waals surface area (Å²) in [5.41, 5.74) is 2.13. The molecular formula is C15H24BNO3. The molecule has 1 aliphatic heterocycles. The van der Waals surface area contributed by atoms with Crippen LogP contribution in [0.4, 0.5) is 0 Å². The predicted molar refractivity (Wildman–Crippen MR) is 80.1 cm³/mol. The molecule has 1 aliphatic rings. The molecule has 0 bridgehead atoms. The van der Waals surface area contributed by atoms with E-state index in [2.05, 4.69) is 4.98 Å². The van der Waals surface area contributed by atoms with Crippen molar-refractivity contribution in [2.75, 3.05) is 0 Å². The van der Waals surface area contributed by atoms with Crippen molar-refractivity contribution >= 4 is 12.7 Å². The van der Waals surface area contributed by atoms with Crippen LogP contribution >= 0.6 is 0 Å². The van der Waals surface area contributed by atoms with Gasteiger partial charge in [0, 0.05) is 6.20 Å². The summed E-state index contributed by atoms with van der Waals surface area (Å²) in [6.45, 7) is 11.9. The highest BCUT2D eigenvalue weighted by Gasteiger charge is 2.52. The van der Waals surface area contributed by atoms with Crippen LogP contribution in [-0.2, 0) is 15.7 Å². The fourth-order valence-electron chi connectivity index (χ4n) is 2.33. The van der Waals surface area contributed by atoms with Gasteiger partial charge in [-0.05, 0) is 65.2 Å². The number of nitrogens with zero attached hydrogens (tertiary/aromatic N) is 1. The standard InChI is InChI=1S/C15H24BNO3/c1-10-7-8-17-13(12(10)9-11(2)18)16-19-14(3,4)15(5,6)20-16/h7-8,11,18H,9H2,1-6H3. The van der Waals surface area contributed by atoms with Crippen LogP contribution in [0.3, 0.4) is 0 Å². The first kappa shape index (κ1) is 15.5. The van der Waals surface area contributed by atoms with E-state index in [0.29, 0.717) is 6.42 Å². The van der Waals surface area contributed by atoms with Crippen molar-refractivity contribution in [2.45, 2.75) is 65.3 Å². The van der Waals surface area contributed by atoms with Crippen LogP contribution in [0.25, 0.3) is 0 Å². The highest BCUT2D eigenvalue weighted by atomic mass is 16.7. The molecule has 1 saturated heterocycles. The number of aromatic nitrogens is 1. The number of aryl methyl sites for hydroxylation is 1. The molecule has 1 unspecified atom stereocenters. The Morgan fingerprint density at radius 1 is 1.25 bits per heavy atom. The first-order chi connectivity index (χ1) is 9.14. The van der Waals surface area contributed by atoms with Gasteiger partial charge in [-0.2, -0.15) is 0 Å². The largest absolute Gasteiger partial charge is 0.514 e. The molecule has 4 nitrogen and oxygen atoms in total. The molecule has 0 aromatic carbocycles. The summed E-state index contributed by atoms with van der Waals surface area (Å²) in [6.07, 6.45) is 1.90. The quantitative estimate of drug-likeness (QED) is 0.853. The zero-order valence-electron chi connectivity index (χ0n) is 13.2. The minimum Gasteiger partial charge on any atom is -0.398 e. The molecule has 5 heteroatoms. The molecule has 1 aromatic heterocycles. The van der Waals surface area contributed by atoms with Crippen molar-refractivity contribution in [2.24, 2.45) is 0 Å². The molecule has 2 rings (SSSR count). The van der Waals surface area contributed by atoms with Gasteiger partial charge in [0.05, 0.1) is 22.9 Å². The minimum atomic E-state index is -0.478. The van der Waals surface area contributed by atoms with Crippen molar-refractivity contribution in [3.05, 3.63) is 23.4 Å². The molecule has 20 heavy (non-hydrogen) atoms. The molecule has 2 heterocycles. The Balaban J connectivity index is 2.37. The fraction of sp³-hybridized carbons (Fsp3) is 0.667. The molecule has 0 spiro atoms. The van der Waals surface area contributed by atoms with Gasteiger partial charge >= 0.3 is 7.12 Å². The molecule has 1 N–H and O–H groups in total. The zero-order chi connectivity index (χ0) is 15.1. The Hall–Kier alpha value is -0.905. The molecule has 0 amide bonds. The SMILES string of the molecule is Cc1ccnc(B2OC(C)(C)C(C)(C)O2)c1CC(C)O. The van der Waals surface area contributed by atoms with Gasteiger partial charge in [0.15, 0.2) is 0 Å². The molecule has 1 atom stereocenters. The van der Waals surface area contributed by atoms with E-state index in [0.717, 1.165) is 16.7 Å². The van der Waals surface area contributed by atoms with Gasteiger partial charge < -0.3 is 14.4 Å². The normalized spacial score (nSPS) is 22.1. The summed E-state index contributed by atoms with van der Waals surface area (Å²) in [5.74, 6) is 0. The van der Waals surface area contributed by atoms with E-state index >= 15 is 0 Å². The van der Waals surface area contributed by atoms with E-state index in [-0.39, 0.29) is 11.2 Å². The lowest BCUT2D eigenvalue weighted by molar-refractivity contribution is 0.00578. The molecule has 0 radical (unpaired) electrons. The van der Waals surface area contributed by atoms with Gasteiger partial charge in [-0.1, -0.05) is 0 Å². The van der Waals surface area contributed by atoms with E-state index in [1.165, 1.54) is 0 Å². The topological polar surface area (TPSA) is 51.6 Å². The smallest absolute Gasteiger partial charge is 0.398 e. The Morgan fingerprint density at radius 3 is 2.30 bits per heavy atom. The van der Waals surface area contributed by atoms with Gasteiger partial charge in [-0.3, -0.25) is 4.98 Å². The lowest BCUT2D eigenvalue weighted by Gasteiger charge is -2.32. The van der Waals surface area contributed by atoms with Gasteiger partial charge in [-0.25, -0.2) is 0 Å². The highest BCUT2D eigenvalue weighted by Crippen LogP contribution is 2.36. The number of hydrogen-bond donors (Lipinski definition) is 1. The van der Waals surface area contributed by atoms with E-state index in [1.54, 1.807) is 13.1 Å². The molecule has 1 aromatic rings. The van der Waals surface area contributed by atoms with Crippen LogP contribution in [-0.4, -0.2) is 34.5 Å². The number of rotatable bonds is 3. The Kier molecular flexibility index (Phi) is 3.97. The molecular weight excluding hydrogens is 253 g/mol. The van der Waals surface area contributed by atoms with Gasteiger partial charge in [0.2, 0.25) is 0 Å². The first-order valence-corrected chi connectivity index (χ1v) is 7.12. The molecule has 0 aliphatic carbocycles. The predicted octanol–water partition coefficient (Wildman–Crippen LogP) is 1.61. The van der Waals surface area contributed by atoms with E-state index in [4.69, 9.17) is 9.31 Å². The fourth-order valence-corrected chi connectivity index (χ4v) is 2.33. The van der Waals surface area contributed by atoms with Crippen molar-refractivity contribution in [3.63, 3.8) is 0 Å².